The number of carboxylic acids is 1. The number of β-amino-alcohol motifs (C(OH)–C–C–N with tert-alkyl or cyclic N) is 1. The van der Waals surface area contributed by atoms with Crippen molar-refractivity contribution in [3.8, 4) is 0 Å². The highest BCUT2D eigenvalue weighted by molar-refractivity contribution is 5.83. The molecule has 2 fully saturated rings. The van der Waals surface area contributed by atoms with Gasteiger partial charge in [-0.25, -0.2) is 9.59 Å². The van der Waals surface area contributed by atoms with Crippen LogP contribution in [0.5, 0.6) is 0 Å². The summed E-state index contributed by atoms with van der Waals surface area (Å²) in [6.45, 7) is 3.85. The monoisotopic (exact) mass is 286 g/mol. The van der Waals surface area contributed by atoms with Gasteiger partial charge in [0.05, 0.1) is 12.2 Å². The van der Waals surface area contributed by atoms with Crippen LogP contribution in [0.1, 0.15) is 26.2 Å². The zero-order valence-electron chi connectivity index (χ0n) is 11.7. The Hall–Kier alpha value is -1.34. The zero-order valence-corrected chi connectivity index (χ0v) is 11.7. The van der Waals surface area contributed by atoms with Gasteiger partial charge in [0, 0.05) is 32.7 Å². The molecule has 0 radical (unpaired) electrons. The summed E-state index contributed by atoms with van der Waals surface area (Å²) in [5, 5.41) is 18.7. The Morgan fingerprint density at radius 3 is 2.50 bits per heavy atom. The lowest BCUT2D eigenvalue weighted by molar-refractivity contribution is -0.141. The smallest absolute Gasteiger partial charge is 0.326 e. The molecule has 2 aliphatic heterocycles. The lowest BCUT2D eigenvalue weighted by Crippen LogP contribution is -2.51. The Morgan fingerprint density at radius 1 is 1.30 bits per heavy atom. The Balaban J connectivity index is 1.93. The van der Waals surface area contributed by atoms with Crippen molar-refractivity contribution in [1.29, 1.82) is 0 Å². The minimum absolute atomic E-state index is 0.0984. The lowest BCUT2D eigenvalue weighted by Gasteiger charge is -2.35. The first-order chi connectivity index (χ1) is 9.52. The van der Waals surface area contributed by atoms with Gasteiger partial charge < -0.3 is 24.7 Å². The Bertz CT molecular complexity index is 368. The number of urea groups is 1. The first-order valence-electron chi connectivity index (χ1n) is 7.11. The molecule has 0 bridgehead atoms. The highest BCUT2D eigenvalue weighted by atomic mass is 16.5. The number of carboxylic acid groups (broad SMARTS) is 1. The molecular formula is C13H22N2O5. The summed E-state index contributed by atoms with van der Waals surface area (Å²) in [7, 11) is 0. The average molecular weight is 286 g/mol. The number of piperidine rings is 1. The molecule has 0 aromatic carbocycles. The van der Waals surface area contributed by atoms with Crippen molar-refractivity contribution in [2.24, 2.45) is 0 Å². The summed E-state index contributed by atoms with van der Waals surface area (Å²) >= 11 is 0. The fourth-order valence-electron chi connectivity index (χ4n) is 2.89. The fourth-order valence-corrected chi connectivity index (χ4v) is 2.89. The van der Waals surface area contributed by atoms with E-state index < -0.39 is 18.1 Å². The van der Waals surface area contributed by atoms with E-state index >= 15 is 0 Å². The highest BCUT2D eigenvalue weighted by Crippen LogP contribution is 2.22. The van der Waals surface area contributed by atoms with Crippen LogP contribution in [0.25, 0.3) is 0 Å². The van der Waals surface area contributed by atoms with Gasteiger partial charge in [-0.1, -0.05) is 0 Å². The molecule has 2 rings (SSSR count). The SMILES string of the molecule is CCOC1CCN(C(=O)N2CC(O)C[C@H]2C(=O)O)CC1. The number of likely N-dealkylation sites (tertiary alicyclic amines) is 2. The van der Waals surface area contributed by atoms with Crippen LogP contribution in [0.15, 0.2) is 0 Å². The molecule has 2 saturated heterocycles. The number of aliphatic hydroxyl groups is 1. The first-order valence-corrected chi connectivity index (χ1v) is 7.11. The molecule has 2 amide bonds. The van der Waals surface area contributed by atoms with Gasteiger partial charge in [0.2, 0.25) is 0 Å². The normalized spacial score (nSPS) is 27.9. The van der Waals surface area contributed by atoms with Crippen LogP contribution < -0.4 is 0 Å². The maximum atomic E-state index is 12.4. The van der Waals surface area contributed by atoms with Crippen LogP contribution in [0.2, 0.25) is 0 Å². The number of carbonyl (C=O) groups excluding carboxylic acids is 1. The van der Waals surface area contributed by atoms with Gasteiger partial charge in [-0.05, 0) is 19.8 Å². The summed E-state index contributed by atoms with van der Waals surface area (Å²) in [6.07, 6.45) is 1.09. The maximum absolute atomic E-state index is 12.4. The van der Waals surface area contributed by atoms with Crippen LogP contribution in [-0.2, 0) is 9.53 Å². The predicted molar refractivity (Wildman–Crippen MR) is 70.4 cm³/mol. The summed E-state index contributed by atoms with van der Waals surface area (Å²) in [6, 6.07) is -1.20. The quantitative estimate of drug-likeness (QED) is 0.769. The Kier molecular flexibility index (Phi) is 4.82. The van der Waals surface area contributed by atoms with Crippen LogP contribution in [0.3, 0.4) is 0 Å². The van der Waals surface area contributed by atoms with Crippen LogP contribution in [0, 0.1) is 0 Å². The third kappa shape index (κ3) is 3.21. The van der Waals surface area contributed by atoms with Gasteiger partial charge in [0.15, 0.2) is 0 Å². The summed E-state index contributed by atoms with van der Waals surface area (Å²) in [4.78, 5) is 26.4. The van der Waals surface area contributed by atoms with Gasteiger partial charge in [-0.15, -0.1) is 0 Å². The van der Waals surface area contributed by atoms with E-state index in [4.69, 9.17) is 9.84 Å². The molecule has 7 nitrogen and oxygen atoms in total. The molecule has 2 aliphatic rings. The number of rotatable bonds is 3. The van der Waals surface area contributed by atoms with Crippen LogP contribution in [-0.4, -0.2) is 76.5 Å². The Labute approximate surface area is 118 Å². The van der Waals surface area contributed by atoms with Crippen molar-refractivity contribution in [3.63, 3.8) is 0 Å². The number of carbonyl (C=O) groups is 2. The molecule has 2 atom stereocenters. The molecule has 0 saturated carbocycles. The number of nitrogens with zero attached hydrogens (tertiary/aromatic N) is 2. The number of amides is 2. The number of hydrogen-bond donors (Lipinski definition) is 2. The molecule has 0 aromatic heterocycles. The molecule has 0 spiro atoms. The lowest BCUT2D eigenvalue weighted by atomic mass is 10.1. The topological polar surface area (TPSA) is 90.3 Å². The second kappa shape index (κ2) is 6.41. The summed E-state index contributed by atoms with van der Waals surface area (Å²) in [5.74, 6) is -1.06. The summed E-state index contributed by atoms with van der Waals surface area (Å²) < 4.78 is 5.53. The second-order valence-corrected chi connectivity index (χ2v) is 5.32. The van der Waals surface area contributed by atoms with Gasteiger partial charge in [0.1, 0.15) is 6.04 Å². The van der Waals surface area contributed by atoms with Gasteiger partial charge in [-0.3, -0.25) is 0 Å². The third-order valence-corrected chi connectivity index (χ3v) is 3.92. The minimum atomic E-state index is -1.06. The molecular weight excluding hydrogens is 264 g/mol. The molecule has 2 heterocycles. The van der Waals surface area contributed by atoms with E-state index in [9.17, 15) is 14.7 Å². The highest BCUT2D eigenvalue weighted by Gasteiger charge is 2.41. The molecule has 20 heavy (non-hydrogen) atoms. The van der Waals surface area contributed by atoms with E-state index in [2.05, 4.69) is 0 Å². The van der Waals surface area contributed by atoms with E-state index in [1.54, 1.807) is 4.90 Å². The van der Waals surface area contributed by atoms with Gasteiger partial charge in [-0.2, -0.15) is 0 Å². The Morgan fingerprint density at radius 2 is 1.95 bits per heavy atom. The number of hydrogen-bond acceptors (Lipinski definition) is 4. The van der Waals surface area contributed by atoms with Gasteiger partial charge >= 0.3 is 12.0 Å². The van der Waals surface area contributed by atoms with E-state index in [1.807, 2.05) is 6.92 Å². The van der Waals surface area contributed by atoms with E-state index in [0.29, 0.717) is 19.7 Å². The van der Waals surface area contributed by atoms with E-state index in [-0.39, 0.29) is 25.1 Å². The predicted octanol–water partition coefficient (Wildman–Crippen LogP) is 0.127. The molecule has 2 N–H and O–H groups in total. The van der Waals surface area contributed by atoms with Gasteiger partial charge in [0.25, 0.3) is 0 Å². The molecule has 0 aliphatic carbocycles. The summed E-state index contributed by atoms with van der Waals surface area (Å²) in [5.41, 5.74) is 0. The van der Waals surface area contributed by atoms with Crippen LogP contribution >= 0.6 is 0 Å². The molecule has 114 valence electrons. The third-order valence-electron chi connectivity index (χ3n) is 3.92. The van der Waals surface area contributed by atoms with Crippen molar-refractivity contribution in [1.82, 2.24) is 9.80 Å². The molecule has 1 unspecified atom stereocenters. The average Bonchev–Trinajstić information content (AvgIpc) is 2.81. The number of aliphatic carboxylic acids is 1. The van der Waals surface area contributed by atoms with Crippen molar-refractivity contribution >= 4 is 12.0 Å². The largest absolute Gasteiger partial charge is 0.480 e. The maximum Gasteiger partial charge on any atom is 0.326 e. The van der Waals surface area contributed by atoms with E-state index in [1.165, 1.54) is 4.90 Å². The van der Waals surface area contributed by atoms with Crippen molar-refractivity contribution in [3.05, 3.63) is 0 Å². The van der Waals surface area contributed by atoms with Crippen LogP contribution in [0.4, 0.5) is 4.79 Å². The fraction of sp³-hybridized carbons (Fsp3) is 0.846. The minimum Gasteiger partial charge on any atom is -0.480 e. The number of aliphatic hydroxyl groups excluding tert-OH is 1. The zero-order chi connectivity index (χ0) is 14.7. The van der Waals surface area contributed by atoms with Crippen molar-refractivity contribution in [2.45, 2.75) is 44.4 Å². The standard InChI is InChI=1S/C13H22N2O5/c1-2-20-10-3-5-14(6-4-10)13(19)15-8-9(16)7-11(15)12(17)18/h9-11,16H,2-8H2,1H3,(H,17,18)/t9?,11-/m0/s1. The van der Waals surface area contributed by atoms with E-state index in [0.717, 1.165) is 12.8 Å². The van der Waals surface area contributed by atoms with Crippen molar-refractivity contribution < 1.29 is 24.5 Å². The first kappa shape index (κ1) is 15.1. The second-order valence-electron chi connectivity index (χ2n) is 5.32. The molecule has 0 aromatic rings. The van der Waals surface area contributed by atoms with Crippen molar-refractivity contribution in [2.75, 3.05) is 26.2 Å². The molecule has 7 heteroatoms. The number of ether oxygens (including phenoxy) is 1.